The number of sulfonamides is 1. The molecule has 0 aromatic heterocycles. The van der Waals surface area contributed by atoms with Gasteiger partial charge in [-0.05, 0) is 12.1 Å². The summed E-state index contributed by atoms with van der Waals surface area (Å²) >= 11 is 0. The van der Waals surface area contributed by atoms with E-state index in [0.29, 0.717) is 0 Å². The molecule has 0 spiro atoms. The lowest BCUT2D eigenvalue weighted by molar-refractivity contribution is -0.0900. The minimum Gasteiger partial charge on any atom is -0.394 e. The molecular weight excluding hydrogens is 318 g/mol. The number of benzene rings is 1. The first-order valence-corrected chi connectivity index (χ1v) is 7.65. The molecule has 1 aliphatic heterocycles. The van der Waals surface area contributed by atoms with E-state index >= 15 is 0 Å². The summed E-state index contributed by atoms with van der Waals surface area (Å²) < 4.78 is 24.2. The molecule has 0 fully saturated rings. The molecular formula is C12H17NO8S. The highest BCUT2D eigenvalue weighted by molar-refractivity contribution is 7.90. The van der Waals surface area contributed by atoms with Crippen LogP contribution >= 0.6 is 0 Å². The Balaban J connectivity index is 0.000000225. The lowest BCUT2D eigenvalue weighted by Gasteiger charge is -2.19. The monoisotopic (exact) mass is 335 g/mol. The second kappa shape index (κ2) is 7.63. The number of nitrogens with one attached hydrogen (secondary N) is 1. The summed E-state index contributed by atoms with van der Waals surface area (Å²) in [4.78, 5) is 11.1. The maximum absolute atomic E-state index is 11.1. The molecule has 1 aliphatic rings. The molecule has 22 heavy (non-hydrogen) atoms. The molecule has 0 bridgehead atoms. The highest BCUT2D eigenvalue weighted by atomic mass is 32.2. The summed E-state index contributed by atoms with van der Waals surface area (Å²) in [6, 6.07) is 6.09. The third kappa shape index (κ3) is 4.22. The number of fused-ring (bicyclic) bond motifs is 1. The topological polar surface area (TPSA) is 164 Å². The van der Waals surface area contributed by atoms with Crippen molar-refractivity contribution in [1.29, 1.82) is 0 Å². The minimum absolute atomic E-state index is 0.0648. The van der Waals surface area contributed by atoms with E-state index in [1.807, 2.05) is 4.72 Å². The molecule has 10 heteroatoms. The number of amides is 1. The van der Waals surface area contributed by atoms with E-state index in [0.717, 1.165) is 0 Å². The number of aliphatic hydroxyl groups is 5. The predicted molar refractivity (Wildman–Crippen MR) is 73.3 cm³/mol. The van der Waals surface area contributed by atoms with E-state index < -0.39 is 47.5 Å². The van der Waals surface area contributed by atoms with Gasteiger partial charge in [-0.15, -0.1) is 0 Å². The molecule has 0 aliphatic carbocycles. The van der Waals surface area contributed by atoms with Crippen molar-refractivity contribution in [1.82, 2.24) is 4.72 Å². The molecule has 2 unspecified atom stereocenters. The van der Waals surface area contributed by atoms with E-state index in [1.165, 1.54) is 12.1 Å². The molecule has 6 N–H and O–H groups in total. The molecule has 0 saturated carbocycles. The third-order valence-corrected chi connectivity index (χ3v) is 4.20. The quantitative estimate of drug-likeness (QED) is 0.343. The van der Waals surface area contributed by atoms with Gasteiger partial charge in [-0.25, -0.2) is 13.1 Å². The molecule has 1 aromatic rings. The highest BCUT2D eigenvalue weighted by Gasteiger charge is 2.31. The molecule has 124 valence electrons. The smallest absolute Gasteiger partial charge is 0.266 e. The summed E-state index contributed by atoms with van der Waals surface area (Å²) in [7, 11) is -3.55. The first kappa shape index (κ1) is 18.5. The van der Waals surface area contributed by atoms with Gasteiger partial charge in [0.2, 0.25) is 0 Å². The van der Waals surface area contributed by atoms with Crippen LogP contribution in [0.5, 0.6) is 0 Å². The fourth-order valence-electron chi connectivity index (χ4n) is 1.59. The van der Waals surface area contributed by atoms with Gasteiger partial charge >= 0.3 is 0 Å². The van der Waals surface area contributed by atoms with Crippen molar-refractivity contribution in [2.24, 2.45) is 0 Å². The van der Waals surface area contributed by atoms with Crippen LogP contribution in [0.25, 0.3) is 0 Å². The van der Waals surface area contributed by atoms with Gasteiger partial charge in [0.1, 0.15) is 23.2 Å². The Hall–Kier alpha value is -1.56. The van der Waals surface area contributed by atoms with Crippen LogP contribution in [0, 0.1) is 0 Å². The van der Waals surface area contributed by atoms with Crippen molar-refractivity contribution in [2.45, 2.75) is 23.2 Å². The molecule has 0 saturated heterocycles. The Bertz CT molecular complexity index is 607. The molecule has 1 heterocycles. The van der Waals surface area contributed by atoms with Crippen molar-refractivity contribution in [3.8, 4) is 0 Å². The normalized spacial score (nSPS) is 19.2. The standard InChI is InChI=1S/C7H5NO3S.C5H12O5/c9-7-5-3-1-2-4-6(5)12(10,11)8-7;6-1-3(8)5(10)4(9)2-7/h1-4H,(H,8,9);3-10H,1-2H2. The van der Waals surface area contributed by atoms with Gasteiger partial charge in [0.05, 0.1) is 18.8 Å². The Kier molecular flexibility index (Phi) is 6.41. The fourth-order valence-corrected chi connectivity index (χ4v) is 2.76. The average Bonchev–Trinajstić information content (AvgIpc) is 2.75. The lowest BCUT2D eigenvalue weighted by atomic mass is 10.1. The van der Waals surface area contributed by atoms with Crippen LogP contribution < -0.4 is 4.72 Å². The zero-order valence-electron chi connectivity index (χ0n) is 11.3. The number of hydrogen-bond donors (Lipinski definition) is 6. The second-order valence-corrected chi connectivity index (χ2v) is 6.07. The van der Waals surface area contributed by atoms with E-state index in [1.54, 1.807) is 12.1 Å². The summed E-state index contributed by atoms with van der Waals surface area (Å²) in [6.45, 7) is -1.28. The van der Waals surface area contributed by atoms with Crippen LogP contribution in [0.3, 0.4) is 0 Å². The Labute approximate surface area is 126 Å². The zero-order chi connectivity index (χ0) is 16.9. The number of rotatable bonds is 4. The fraction of sp³-hybridized carbons (Fsp3) is 0.417. The van der Waals surface area contributed by atoms with Gasteiger partial charge in [-0.3, -0.25) is 4.79 Å². The maximum atomic E-state index is 11.1. The molecule has 2 rings (SSSR count). The Morgan fingerprint density at radius 1 is 1.00 bits per heavy atom. The van der Waals surface area contributed by atoms with Gasteiger partial charge in [-0.1, -0.05) is 12.1 Å². The van der Waals surface area contributed by atoms with E-state index in [9.17, 15) is 13.2 Å². The molecule has 0 radical (unpaired) electrons. The van der Waals surface area contributed by atoms with Crippen molar-refractivity contribution in [3.05, 3.63) is 29.8 Å². The third-order valence-electron chi connectivity index (χ3n) is 2.81. The van der Waals surface area contributed by atoms with Crippen molar-refractivity contribution in [3.63, 3.8) is 0 Å². The van der Waals surface area contributed by atoms with Crippen molar-refractivity contribution in [2.75, 3.05) is 13.2 Å². The lowest BCUT2D eigenvalue weighted by Crippen LogP contribution is -2.41. The predicted octanol–water partition coefficient (Wildman–Crippen LogP) is -2.83. The summed E-state index contributed by atoms with van der Waals surface area (Å²) in [5, 5.41) is 42.6. The minimum atomic E-state index is -3.55. The average molecular weight is 335 g/mol. The number of carbonyl (C=O) groups excluding carboxylic acids is 1. The van der Waals surface area contributed by atoms with Crippen molar-refractivity contribution < 1.29 is 38.7 Å². The van der Waals surface area contributed by atoms with E-state index in [-0.39, 0.29) is 10.5 Å². The second-order valence-electron chi connectivity index (χ2n) is 4.42. The van der Waals surface area contributed by atoms with Crippen LogP contribution in [0.2, 0.25) is 0 Å². The Morgan fingerprint density at radius 2 is 1.50 bits per heavy atom. The summed E-state index contributed by atoms with van der Waals surface area (Å²) in [6.07, 6.45) is -4.29. The van der Waals surface area contributed by atoms with Gasteiger partial charge in [0.25, 0.3) is 15.9 Å². The van der Waals surface area contributed by atoms with Crippen LogP contribution in [-0.4, -0.2) is 71.4 Å². The van der Waals surface area contributed by atoms with Crippen LogP contribution in [-0.2, 0) is 10.0 Å². The molecule has 9 nitrogen and oxygen atoms in total. The zero-order valence-corrected chi connectivity index (χ0v) is 12.1. The number of carbonyl (C=O) groups is 1. The van der Waals surface area contributed by atoms with Gasteiger partial charge in [-0.2, -0.15) is 0 Å². The molecule has 1 aromatic carbocycles. The first-order valence-electron chi connectivity index (χ1n) is 6.16. The SMILES string of the molecule is O=C1NS(=O)(=O)c2ccccc21.OCC(O)C(O)C(O)CO. The Morgan fingerprint density at radius 3 is 1.95 bits per heavy atom. The maximum Gasteiger partial charge on any atom is 0.266 e. The van der Waals surface area contributed by atoms with E-state index in [2.05, 4.69) is 0 Å². The number of hydrogen-bond acceptors (Lipinski definition) is 8. The van der Waals surface area contributed by atoms with Gasteiger partial charge < -0.3 is 25.5 Å². The summed E-state index contributed by atoms with van der Waals surface area (Å²) in [5.74, 6) is -0.550. The van der Waals surface area contributed by atoms with Crippen molar-refractivity contribution >= 4 is 15.9 Å². The first-order chi connectivity index (χ1) is 10.2. The van der Waals surface area contributed by atoms with Crippen LogP contribution in [0.1, 0.15) is 10.4 Å². The molecule has 1 amide bonds. The summed E-state index contributed by atoms with van der Waals surface area (Å²) in [5.41, 5.74) is 0.220. The highest BCUT2D eigenvalue weighted by Crippen LogP contribution is 2.20. The largest absolute Gasteiger partial charge is 0.394 e. The molecule has 2 atom stereocenters. The van der Waals surface area contributed by atoms with Gasteiger partial charge in [0.15, 0.2) is 0 Å². The number of aliphatic hydroxyl groups excluding tert-OH is 5. The van der Waals surface area contributed by atoms with Crippen LogP contribution in [0.15, 0.2) is 29.2 Å². The van der Waals surface area contributed by atoms with E-state index in [4.69, 9.17) is 25.5 Å². The van der Waals surface area contributed by atoms with Crippen LogP contribution in [0.4, 0.5) is 0 Å². The van der Waals surface area contributed by atoms with Gasteiger partial charge in [0, 0.05) is 0 Å².